The molecule has 0 spiro atoms. The molecule has 1 amide bonds. The maximum Gasteiger partial charge on any atom is 0.282 e. The van der Waals surface area contributed by atoms with Crippen LogP contribution in [0.3, 0.4) is 0 Å². The number of hydrogen-bond acceptors (Lipinski definition) is 3. The van der Waals surface area contributed by atoms with Gasteiger partial charge in [-0.2, -0.15) is 0 Å². The number of rotatable bonds is 3. The fourth-order valence-corrected chi connectivity index (χ4v) is 2.51. The zero-order valence-electron chi connectivity index (χ0n) is 8.87. The molecule has 0 radical (unpaired) electrons. The van der Waals surface area contributed by atoms with E-state index in [4.69, 9.17) is 0 Å². The molecule has 2 rings (SSSR count). The van der Waals surface area contributed by atoms with E-state index < -0.39 is 11.7 Å². The summed E-state index contributed by atoms with van der Waals surface area (Å²) in [6.45, 7) is 5.38. The van der Waals surface area contributed by atoms with Gasteiger partial charge in [0.2, 0.25) is 0 Å². The number of nitrogens with one attached hydrogen (secondary N) is 1. The van der Waals surface area contributed by atoms with Crippen molar-refractivity contribution in [2.75, 3.05) is 26.8 Å². The lowest BCUT2D eigenvalue weighted by Crippen LogP contribution is -2.64. The monoisotopic (exact) mass is 213 g/mol. The Labute approximate surface area is 88.7 Å². The van der Waals surface area contributed by atoms with Crippen molar-refractivity contribution in [1.82, 2.24) is 15.1 Å². The van der Waals surface area contributed by atoms with Gasteiger partial charge in [-0.25, -0.2) is 4.39 Å². The second-order valence-electron chi connectivity index (χ2n) is 4.11. The maximum atomic E-state index is 12.7. The van der Waals surface area contributed by atoms with Crippen molar-refractivity contribution >= 4 is 5.91 Å². The molecule has 84 valence electrons. The smallest absolute Gasteiger partial charge is 0.282 e. The van der Waals surface area contributed by atoms with E-state index in [1.54, 1.807) is 4.90 Å². The largest absolute Gasteiger partial charge is 0.331 e. The predicted octanol–water partition coefficient (Wildman–Crippen LogP) is -0.0684. The lowest BCUT2D eigenvalue weighted by Gasteiger charge is -2.46. The van der Waals surface area contributed by atoms with E-state index in [1.165, 1.54) is 0 Å². The number of carbonyl (C=O) groups excluding carboxylic acids is 1. The number of hydrogen-bond donors (Lipinski definition) is 1. The molecule has 2 aliphatic rings. The van der Waals surface area contributed by atoms with Crippen LogP contribution in [-0.2, 0) is 4.79 Å². The van der Waals surface area contributed by atoms with Crippen LogP contribution in [0.4, 0.5) is 4.39 Å². The first-order valence-electron chi connectivity index (χ1n) is 5.19. The first-order chi connectivity index (χ1) is 7.15. The predicted molar refractivity (Wildman–Crippen MR) is 54.8 cm³/mol. The Kier molecular flexibility index (Phi) is 2.75. The molecule has 2 heterocycles. The van der Waals surface area contributed by atoms with Gasteiger partial charge in [0.05, 0.1) is 6.04 Å². The topological polar surface area (TPSA) is 35.6 Å². The normalized spacial score (nSPS) is 29.9. The summed E-state index contributed by atoms with van der Waals surface area (Å²) in [6.07, 6.45) is 0.936. The van der Waals surface area contributed by atoms with Gasteiger partial charge in [0.25, 0.3) is 5.91 Å². The van der Waals surface area contributed by atoms with E-state index in [9.17, 15) is 9.18 Å². The molecule has 0 aromatic carbocycles. The van der Waals surface area contributed by atoms with Gasteiger partial charge in [0.1, 0.15) is 0 Å². The Morgan fingerprint density at radius 2 is 2.33 bits per heavy atom. The van der Waals surface area contributed by atoms with Crippen molar-refractivity contribution < 1.29 is 9.18 Å². The van der Waals surface area contributed by atoms with Crippen LogP contribution in [0.5, 0.6) is 0 Å². The second kappa shape index (κ2) is 3.90. The van der Waals surface area contributed by atoms with Crippen LogP contribution >= 0.6 is 0 Å². The Bertz CT molecular complexity index is 294. The quantitative estimate of drug-likeness (QED) is 0.667. The van der Waals surface area contributed by atoms with Crippen LogP contribution in [0.1, 0.15) is 6.42 Å². The zero-order valence-corrected chi connectivity index (χ0v) is 8.87. The van der Waals surface area contributed by atoms with Crippen LogP contribution in [0.15, 0.2) is 12.4 Å². The number of halogens is 1. The summed E-state index contributed by atoms with van der Waals surface area (Å²) in [5, 5.41) is 3.08. The minimum absolute atomic E-state index is 0.193. The van der Waals surface area contributed by atoms with Gasteiger partial charge < -0.3 is 10.2 Å². The second-order valence-corrected chi connectivity index (χ2v) is 4.11. The van der Waals surface area contributed by atoms with Gasteiger partial charge >= 0.3 is 0 Å². The molecule has 1 N–H and O–H groups in total. The third-order valence-corrected chi connectivity index (χ3v) is 3.25. The first-order valence-corrected chi connectivity index (χ1v) is 5.19. The summed E-state index contributed by atoms with van der Waals surface area (Å²) < 4.78 is 12.7. The van der Waals surface area contributed by atoms with Crippen molar-refractivity contribution in [3.8, 4) is 0 Å². The zero-order chi connectivity index (χ0) is 11.0. The van der Waals surface area contributed by atoms with Crippen molar-refractivity contribution in [2.24, 2.45) is 0 Å². The van der Waals surface area contributed by atoms with Gasteiger partial charge in [-0.05, 0) is 13.5 Å². The van der Waals surface area contributed by atoms with E-state index >= 15 is 0 Å². The number of amides is 1. The standard InChI is InChI=1S/C10H16FN3O/c1-7(11)10(15)14-4-3-8-9(14)5-13(8)6-12-2/h8-9,12H,1,3-6H2,2H3/t8-,9-/m1/s1. The third-order valence-electron chi connectivity index (χ3n) is 3.25. The summed E-state index contributed by atoms with van der Waals surface area (Å²) in [7, 11) is 1.90. The molecule has 0 aromatic heterocycles. The van der Waals surface area contributed by atoms with Gasteiger partial charge in [0.15, 0.2) is 5.83 Å². The molecule has 2 aliphatic heterocycles. The van der Waals surface area contributed by atoms with Crippen molar-refractivity contribution in [3.05, 3.63) is 12.4 Å². The fraction of sp³-hybridized carbons (Fsp3) is 0.700. The molecule has 0 unspecified atom stereocenters. The number of carbonyl (C=O) groups is 1. The van der Waals surface area contributed by atoms with E-state index in [1.807, 2.05) is 7.05 Å². The van der Waals surface area contributed by atoms with Crippen LogP contribution in [0.2, 0.25) is 0 Å². The summed E-state index contributed by atoms with van der Waals surface area (Å²) in [6, 6.07) is 0.596. The van der Waals surface area contributed by atoms with Crippen molar-refractivity contribution in [1.29, 1.82) is 0 Å². The highest BCUT2D eigenvalue weighted by molar-refractivity contribution is 5.91. The van der Waals surface area contributed by atoms with Gasteiger partial charge in [-0.1, -0.05) is 6.58 Å². The highest BCUT2D eigenvalue weighted by atomic mass is 19.1. The Hall–Kier alpha value is -0.940. The maximum absolute atomic E-state index is 12.7. The molecule has 4 nitrogen and oxygen atoms in total. The molecule has 2 saturated heterocycles. The van der Waals surface area contributed by atoms with Gasteiger partial charge in [0, 0.05) is 25.8 Å². The highest BCUT2D eigenvalue weighted by Crippen LogP contribution is 2.32. The molecule has 5 heteroatoms. The molecule has 15 heavy (non-hydrogen) atoms. The average molecular weight is 213 g/mol. The highest BCUT2D eigenvalue weighted by Gasteiger charge is 2.48. The van der Waals surface area contributed by atoms with Gasteiger partial charge in [-0.15, -0.1) is 0 Å². The van der Waals surface area contributed by atoms with Gasteiger partial charge in [-0.3, -0.25) is 9.69 Å². The third kappa shape index (κ3) is 1.66. The fourth-order valence-electron chi connectivity index (χ4n) is 2.51. The molecular formula is C10H16FN3O. The molecule has 0 aromatic rings. The average Bonchev–Trinajstić information content (AvgIpc) is 2.50. The lowest BCUT2D eigenvalue weighted by molar-refractivity contribution is -0.132. The SMILES string of the molecule is C=C(F)C(=O)N1CC[C@@H]2[C@H]1CN2CNC. The minimum atomic E-state index is -0.845. The molecule has 0 aliphatic carbocycles. The van der Waals surface area contributed by atoms with E-state index in [-0.39, 0.29) is 6.04 Å². The molecule has 2 fully saturated rings. The molecule has 0 bridgehead atoms. The molecule has 2 atom stereocenters. The summed E-state index contributed by atoms with van der Waals surface area (Å²) in [5.74, 6) is -1.38. The number of nitrogens with zero attached hydrogens (tertiary/aromatic N) is 2. The van der Waals surface area contributed by atoms with Crippen LogP contribution in [0, 0.1) is 0 Å². The summed E-state index contributed by atoms with van der Waals surface area (Å²) in [4.78, 5) is 15.3. The molecule has 0 saturated carbocycles. The number of fused-ring (bicyclic) bond motifs is 1. The Morgan fingerprint density at radius 1 is 1.60 bits per heavy atom. The van der Waals surface area contributed by atoms with Crippen LogP contribution < -0.4 is 5.32 Å². The molecular weight excluding hydrogens is 197 g/mol. The van der Waals surface area contributed by atoms with Crippen LogP contribution in [0.25, 0.3) is 0 Å². The number of likely N-dealkylation sites (tertiary alicyclic amines) is 2. The van der Waals surface area contributed by atoms with E-state index in [0.717, 1.165) is 19.6 Å². The van der Waals surface area contributed by atoms with Crippen molar-refractivity contribution in [2.45, 2.75) is 18.5 Å². The van der Waals surface area contributed by atoms with Crippen LogP contribution in [-0.4, -0.2) is 54.6 Å². The summed E-state index contributed by atoms with van der Waals surface area (Å²) >= 11 is 0. The van der Waals surface area contributed by atoms with Crippen molar-refractivity contribution in [3.63, 3.8) is 0 Å². The van der Waals surface area contributed by atoms with E-state index in [2.05, 4.69) is 16.8 Å². The summed E-state index contributed by atoms with van der Waals surface area (Å²) in [5.41, 5.74) is 0. The Balaban J connectivity index is 1.94. The Morgan fingerprint density at radius 3 is 2.93 bits per heavy atom. The minimum Gasteiger partial charge on any atom is -0.331 e. The van der Waals surface area contributed by atoms with E-state index in [0.29, 0.717) is 12.6 Å². The lowest BCUT2D eigenvalue weighted by atomic mass is 9.98. The first kappa shape index (κ1) is 10.6.